The highest BCUT2D eigenvalue weighted by Crippen LogP contribution is 2.37. The standard InChI is InChI=1S/C12H12ClFN2O4/c13-8-5-10(11(16(19)20)6-9(8)14)15-3-1-2-7(15)4-12(17)18/h5-7H,1-4H2,(H,17,18). The zero-order valence-corrected chi connectivity index (χ0v) is 11.1. The number of aliphatic carboxylic acids is 1. The van der Waals surface area contributed by atoms with E-state index in [1.54, 1.807) is 4.90 Å². The van der Waals surface area contributed by atoms with Crippen molar-refractivity contribution >= 4 is 28.9 Å². The molecule has 0 amide bonds. The number of hydrogen-bond acceptors (Lipinski definition) is 4. The number of hydrogen-bond donors (Lipinski definition) is 1. The second kappa shape index (κ2) is 5.62. The zero-order valence-electron chi connectivity index (χ0n) is 10.4. The van der Waals surface area contributed by atoms with Crippen molar-refractivity contribution in [2.24, 2.45) is 0 Å². The van der Waals surface area contributed by atoms with Crippen LogP contribution in [0.15, 0.2) is 12.1 Å². The van der Waals surface area contributed by atoms with Crippen LogP contribution in [0.3, 0.4) is 0 Å². The fourth-order valence-corrected chi connectivity index (χ4v) is 2.63. The van der Waals surface area contributed by atoms with Crippen molar-refractivity contribution in [2.75, 3.05) is 11.4 Å². The Morgan fingerprint density at radius 2 is 2.30 bits per heavy atom. The van der Waals surface area contributed by atoms with E-state index in [2.05, 4.69) is 0 Å². The first-order valence-electron chi connectivity index (χ1n) is 6.02. The summed E-state index contributed by atoms with van der Waals surface area (Å²) in [5.74, 6) is -1.84. The van der Waals surface area contributed by atoms with Crippen LogP contribution in [0.25, 0.3) is 0 Å². The Morgan fingerprint density at radius 3 is 2.90 bits per heavy atom. The molecule has 0 bridgehead atoms. The molecule has 0 aromatic heterocycles. The number of carboxylic acid groups (broad SMARTS) is 1. The summed E-state index contributed by atoms with van der Waals surface area (Å²) in [5, 5.41) is 19.7. The molecule has 0 radical (unpaired) electrons. The number of rotatable bonds is 4. The molecule has 1 aliphatic rings. The van der Waals surface area contributed by atoms with E-state index in [0.717, 1.165) is 12.5 Å². The maximum absolute atomic E-state index is 13.4. The molecule has 20 heavy (non-hydrogen) atoms. The van der Waals surface area contributed by atoms with Crippen LogP contribution < -0.4 is 4.90 Å². The van der Waals surface area contributed by atoms with Gasteiger partial charge in [-0.3, -0.25) is 14.9 Å². The van der Waals surface area contributed by atoms with E-state index in [-0.39, 0.29) is 23.2 Å². The molecular weight excluding hydrogens is 291 g/mol. The molecule has 1 N–H and O–H groups in total. The van der Waals surface area contributed by atoms with E-state index < -0.39 is 22.4 Å². The summed E-state index contributed by atoms with van der Waals surface area (Å²) in [4.78, 5) is 22.8. The predicted octanol–water partition coefficient (Wildman–Crippen LogP) is 2.83. The van der Waals surface area contributed by atoms with E-state index in [4.69, 9.17) is 16.7 Å². The minimum absolute atomic E-state index is 0.119. The van der Waals surface area contributed by atoms with Gasteiger partial charge in [-0.2, -0.15) is 0 Å². The van der Waals surface area contributed by atoms with Crippen molar-refractivity contribution in [1.29, 1.82) is 0 Å². The van der Waals surface area contributed by atoms with Crippen molar-refractivity contribution in [3.8, 4) is 0 Å². The molecule has 2 rings (SSSR count). The van der Waals surface area contributed by atoms with Crippen molar-refractivity contribution in [3.05, 3.63) is 33.1 Å². The third-order valence-corrected chi connectivity index (χ3v) is 3.60. The second-order valence-corrected chi connectivity index (χ2v) is 5.01. The highest BCUT2D eigenvalue weighted by molar-refractivity contribution is 6.31. The van der Waals surface area contributed by atoms with Crippen LogP contribution in [0.2, 0.25) is 5.02 Å². The number of anilines is 1. The Hall–Kier alpha value is -1.89. The van der Waals surface area contributed by atoms with Gasteiger partial charge < -0.3 is 10.0 Å². The average Bonchev–Trinajstić information content (AvgIpc) is 2.79. The first kappa shape index (κ1) is 14.5. The molecule has 8 heteroatoms. The molecule has 1 aliphatic heterocycles. The van der Waals surface area contributed by atoms with Gasteiger partial charge in [-0.1, -0.05) is 11.6 Å². The molecule has 1 atom stereocenters. The Morgan fingerprint density at radius 1 is 1.60 bits per heavy atom. The van der Waals surface area contributed by atoms with Crippen LogP contribution in [0.1, 0.15) is 19.3 Å². The lowest BCUT2D eigenvalue weighted by Crippen LogP contribution is -2.31. The summed E-state index contributed by atoms with van der Waals surface area (Å²) in [5.41, 5.74) is -0.227. The van der Waals surface area contributed by atoms with Crippen LogP contribution in [0.5, 0.6) is 0 Å². The lowest BCUT2D eigenvalue weighted by molar-refractivity contribution is -0.384. The van der Waals surface area contributed by atoms with Gasteiger partial charge in [0.25, 0.3) is 5.69 Å². The zero-order chi connectivity index (χ0) is 14.9. The number of carboxylic acids is 1. The number of carbonyl (C=O) groups is 1. The van der Waals surface area contributed by atoms with Crippen LogP contribution in [0, 0.1) is 15.9 Å². The fourth-order valence-electron chi connectivity index (χ4n) is 2.47. The van der Waals surface area contributed by atoms with E-state index in [9.17, 15) is 19.3 Å². The molecule has 6 nitrogen and oxygen atoms in total. The highest BCUT2D eigenvalue weighted by Gasteiger charge is 2.32. The number of nitro groups is 1. The monoisotopic (exact) mass is 302 g/mol. The molecular formula is C12H12ClFN2O4. The van der Waals surface area contributed by atoms with Crippen LogP contribution >= 0.6 is 11.6 Å². The number of nitro benzene ring substituents is 1. The highest BCUT2D eigenvalue weighted by atomic mass is 35.5. The maximum atomic E-state index is 13.4. The largest absolute Gasteiger partial charge is 0.481 e. The molecule has 0 aliphatic carbocycles. The normalized spacial score (nSPS) is 18.3. The lowest BCUT2D eigenvalue weighted by Gasteiger charge is -2.25. The van der Waals surface area contributed by atoms with Gasteiger partial charge in [-0.15, -0.1) is 0 Å². The quantitative estimate of drug-likeness (QED) is 0.683. The van der Waals surface area contributed by atoms with Gasteiger partial charge in [0.05, 0.1) is 22.4 Å². The van der Waals surface area contributed by atoms with Gasteiger partial charge in [0, 0.05) is 12.6 Å². The second-order valence-electron chi connectivity index (χ2n) is 4.60. The molecule has 1 fully saturated rings. The van der Waals surface area contributed by atoms with Crippen molar-refractivity contribution in [1.82, 2.24) is 0 Å². The average molecular weight is 303 g/mol. The third kappa shape index (κ3) is 2.82. The Kier molecular flexibility index (Phi) is 4.08. The minimum atomic E-state index is -0.974. The fraction of sp³-hybridized carbons (Fsp3) is 0.417. The Bertz CT molecular complexity index is 567. The van der Waals surface area contributed by atoms with E-state index >= 15 is 0 Å². The van der Waals surface area contributed by atoms with Gasteiger partial charge in [-0.05, 0) is 18.9 Å². The molecule has 1 aromatic rings. The van der Waals surface area contributed by atoms with Crippen LogP contribution in [-0.2, 0) is 4.79 Å². The summed E-state index contributed by atoms with van der Waals surface area (Å²) in [6, 6.07) is 1.62. The first-order chi connectivity index (χ1) is 9.40. The van der Waals surface area contributed by atoms with Crippen LogP contribution in [-0.4, -0.2) is 28.6 Å². The summed E-state index contributed by atoms with van der Waals surface area (Å²) in [6.07, 6.45) is 1.23. The topological polar surface area (TPSA) is 83.7 Å². The minimum Gasteiger partial charge on any atom is -0.481 e. The maximum Gasteiger partial charge on any atom is 0.305 e. The van der Waals surface area contributed by atoms with Gasteiger partial charge in [0.2, 0.25) is 0 Å². The van der Waals surface area contributed by atoms with Crippen molar-refractivity contribution in [2.45, 2.75) is 25.3 Å². The van der Waals surface area contributed by atoms with Gasteiger partial charge in [-0.25, -0.2) is 4.39 Å². The third-order valence-electron chi connectivity index (χ3n) is 3.31. The number of benzene rings is 1. The summed E-state index contributed by atoms with van der Waals surface area (Å²) >= 11 is 5.68. The van der Waals surface area contributed by atoms with Gasteiger partial charge >= 0.3 is 5.97 Å². The summed E-state index contributed by atoms with van der Waals surface area (Å²) in [7, 11) is 0. The van der Waals surface area contributed by atoms with Crippen molar-refractivity contribution in [3.63, 3.8) is 0 Å². The van der Waals surface area contributed by atoms with E-state index in [1.165, 1.54) is 6.07 Å². The molecule has 1 saturated heterocycles. The van der Waals surface area contributed by atoms with Crippen molar-refractivity contribution < 1.29 is 19.2 Å². The molecule has 0 spiro atoms. The molecule has 1 unspecified atom stereocenters. The summed E-state index contributed by atoms with van der Waals surface area (Å²) < 4.78 is 13.4. The van der Waals surface area contributed by atoms with E-state index in [1.807, 2.05) is 0 Å². The van der Waals surface area contributed by atoms with Crippen LogP contribution in [0.4, 0.5) is 15.8 Å². The van der Waals surface area contributed by atoms with Gasteiger partial charge in [0.1, 0.15) is 11.5 Å². The number of nitrogens with zero attached hydrogens (tertiary/aromatic N) is 2. The Balaban J connectivity index is 2.42. The SMILES string of the molecule is O=C(O)CC1CCCN1c1cc(Cl)c(F)cc1[N+](=O)[O-]. The Labute approximate surface area is 118 Å². The predicted molar refractivity (Wildman–Crippen MR) is 70.7 cm³/mol. The summed E-state index contributed by atoms with van der Waals surface area (Å²) in [6.45, 7) is 0.487. The number of halogens is 2. The smallest absolute Gasteiger partial charge is 0.305 e. The van der Waals surface area contributed by atoms with Gasteiger partial charge in [0.15, 0.2) is 0 Å². The molecule has 1 aromatic carbocycles. The first-order valence-corrected chi connectivity index (χ1v) is 6.40. The van der Waals surface area contributed by atoms with E-state index in [0.29, 0.717) is 13.0 Å². The molecule has 1 heterocycles. The molecule has 108 valence electrons. The lowest BCUT2D eigenvalue weighted by atomic mass is 10.1. The molecule has 0 saturated carbocycles.